The Kier molecular flexibility index (Phi) is 4.52. The van der Waals surface area contributed by atoms with Gasteiger partial charge in [0, 0.05) is 10.5 Å². The van der Waals surface area contributed by atoms with E-state index < -0.39 is 18.5 Å². The Morgan fingerprint density at radius 2 is 2.15 bits per heavy atom. The van der Waals surface area contributed by atoms with Crippen LogP contribution >= 0.6 is 15.9 Å². The van der Waals surface area contributed by atoms with Crippen LogP contribution in [0, 0.1) is 6.92 Å². The van der Waals surface area contributed by atoms with E-state index in [2.05, 4.69) is 26.4 Å². The molecule has 104 valence electrons. The lowest BCUT2D eigenvalue weighted by Gasteiger charge is -2.05. The highest BCUT2D eigenvalue weighted by atomic mass is 79.9. The summed E-state index contributed by atoms with van der Waals surface area (Å²) in [7, 11) is 0. The minimum atomic E-state index is -0.580. The van der Waals surface area contributed by atoms with Gasteiger partial charge in [0.15, 0.2) is 12.4 Å². The third-order valence-electron chi connectivity index (χ3n) is 2.32. The lowest BCUT2D eigenvalue weighted by Crippen LogP contribution is -2.21. The van der Waals surface area contributed by atoms with Gasteiger partial charge in [-0.15, -0.1) is 0 Å². The molecule has 6 nitrogen and oxygen atoms in total. The molecule has 0 saturated heterocycles. The van der Waals surface area contributed by atoms with Crippen LogP contribution in [-0.4, -0.2) is 23.6 Å². The minimum Gasteiger partial charge on any atom is -0.452 e. The van der Waals surface area contributed by atoms with Gasteiger partial charge >= 0.3 is 5.97 Å². The Hall–Kier alpha value is -2.15. The molecule has 0 aliphatic carbocycles. The summed E-state index contributed by atoms with van der Waals surface area (Å²) >= 11 is 3.24. The van der Waals surface area contributed by atoms with Crippen LogP contribution < -0.4 is 5.32 Å². The third kappa shape index (κ3) is 3.67. The first-order chi connectivity index (χ1) is 9.56. The fourth-order valence-corrected chi connectivity index (χ4v) is 1.89. The molecule has 0 saturated carbocycles. The molecule has 2 rings (SSSR count). The van der Waals surface area contributed by atoms with Crippen LogP contribution in [0.15, 0.2) is 39.3 Å². The Balaban J connectivity index is 1.87. The van der Waals surface area contributed by atoms with Crippen molar-refractivity contribution in [1.29, 1.82) is 0 Å². The zero-order valence-corrected chi connectivity index (χ0v) is 12.1. The first-order valence-corrected chi connectivity index (χ1v) is 6.50. The number of anilines is 1. The van der Waals surface area contributed by atoms with Gasteiger partial charge in [-0.3, -0.25) is 4.79 Å². The number of nitrogens with zero attached hydrogens (tertiary/aromatic N) is 1. The maximum Gasteiger partial charge on any atom is 0.339 e. The molecule has 0 fully saturated rings. The van der Waals surface area contributed by atoms with E-state index in [0.717, 1.165) is 0 Å². The normalized spacial score (nSPS) is 10.1. The van der Waals surface area contributed by atoms with E-state index in [1.54, 1.807) is 37.3 Å². The lowest BCUT2D eigenvalue weighted by atomic mass is 10.2. The van der Waals surface area contributed by atoms with Crippen LogP contribution in [0.1, 0.15) is 16.1 Å². The maximum atomic E-state index is 11.8. The SMILES string of the molecule is Cc1cc(NC(=O)COC(=O)c2ccccc2Br)no1. The van der Waals surface area contributed by atoms with Gasteiger partial charge in [-0.2, -0.15) is 0 Å². The maximum absolute atomic E-state index is 11.8. The lowest BCUT2D eigenvalue weighted by molar-refractivity contribution is -0.119. The fraction of sp³-hybridized carbons (Fsp3) is 0.154. The summed E-state index contributed by atoms with van der Waals surface area (Å²) in [5, 5.41) is 6.05. The number of carbonyl (C=O) groups excluding carboxylic acids is 2. The van der Waals surface area contributed by atoms with Crippen molar-refractivity contribution in [2.24, 2.45) is 0 Å². The van der Waals surface area contributed by atoms with Crippen molar-refractivity contribution in [3.05, 3.63) is 46.1 Å². The molecule has 0 radical (unpaired) electrons. The number of nitrogens with one attached hydrogen (secondary N) is 1. The second kappa shape index (κ2) is 6.33. The molecule has 1 aromatic heterocycles. The van der Waals surface area contributed by atoms with Gasteiger partial charge in [0.05, 0.1) is 5.56 Å². The quantitative estimate of drug-likeness (QED) is 0.866. The first kappa shape index (κ1) is 14.3. The van der Waals surface area contributed by atoms with E-state index in [4.69, 9.17) is 9.26 Å². The highest BCUT2D eigenvalue weighted by Crippen LogP contribution is 2.16. The molecule has 0 aliphatic heterocycles. The number of esters is 1. The average Bonchev–Trinajstić information content (AvgIpc) is 2.82. The van der Waals surface area contributed by atoms with Gasteiger partial charge in [-0.05, 0) is 35.0 Å². The summed E-state index contributed by atoms with van der Waals surface area (Å²) in [4.78, 5) is 23.3. The van der Waals surface area contributed by atoms with Gasteiger partial charge in [0.1, 0.15) is 5.76 Å². The zero-order valence-electron chi connectivity index (χ0n) is 10.6. The predicted octanol–water partition coefficient (Wildman–Crippen LogP) is 2.54. The van der Waals surface area contributed by atoms with Crippen LogP contribution in [0.25, 0.3) is 0 Å². The summed E-state index contributed by atoms with van der Waals surface area (Å²) in [5.74, 6) is -0.211. The Morgan fingerprint density at radius 1 is 1.40 bits per heavy atom. The van der Waals surface area contributed by atoms with Crippen LogP contribution in [0.5, 0.6) is 0 Å². The molecule has 7 heteroatoms. The van der Waals surface area contributed by atoms with Crippen molar-refractivity contribution in [1.82, 2.24) is 5.16 Å². The summed E-state index contributed by atoms with van der Waals surface area (Å²) in [5.41, 5.74) is 0.359. The summed E-state index contributed by atoms with van der Waals surface area (Å²) < 4.78 is 10.3. The predicted molar refractivity (Wildman–Crippen MR) is 74.3 cm³/mol. The van der Waals surface area contributed by atoms with Gasteiger partial charge in [0.25, 0.3) is 5.91 Å². The van der Waals surface area contributed by atoms with Crippen molar-refractivity contribution in [3.63, 3.8) is 0 Å². The molecule has 1 amide bonds. The smallest absolute Gasteiger partial charge is 0.339 e. The molecule has 1 heterocycles. The summed E-state index contributed by atoms with van der Waals surface area (Å²) in [6.07, 6.45) is 0. The van der Waals surface area contributed by atoms with Gasteiger partial charge in [-0.1, -0.05) is 17.3 Å². The molecule has 20 heavy (non-hydrogen) atoms. The Labute approximate surface area is 123 Å². The first-order valence-electron chi connectivity index (χ1n) is 5.71. The van der Waals surface area contributed by atoms with Crippen molar-refractivity contribution in [3.8, 4) is 0 Å². The summed E-state index contributed by atoms with van der Waals surface area (Å²) in [6, 6.07) is 8.37. The second-order valence-corrected chi connectivity index (χ2v) is 4.78. The number of ether oxygens (including phenoxy) is 1. The molecule has 1 aromatic carbocycles. The molecular weight excluding hydrogens is 328 g/mol. The van der Waals surface area contributed by atoms with E-state index >= 15 is 0 Å². The number of rotatable bonds is 4. The van der Waals surface area contributed by atoms with Crippen LogP contribution in [0.4, 0.5) is 5.82 Å². The number of aromatic nitrogens is 1. The van der Waals surface area contributed by atoms with Crippen LogP contribution in [-0.2, 0) is 9.53 Å². The number of aryl methyl sites for hydroxylation is 1. The topological polar surface area (TPSA) is 81.4 Å². The number of benzene rings is 1. The Morgan fingerprint density at radius 3 is 2.80 bits per heavy atom. The average molecular weight is 339 g/mol. The van der Waals surface area contributed by atoms with E-state index in [9.17, 15) is 9.59 Å². The Bertz CT molecular complexity index is 639. The van der Waals surface area contributed by atoms with Gasteiger partial charge in [-0.25, -0.2) is 4.79 Å². The zero-order chi connectivity index (χ0) is 14.5. The molecule has 0 unspecified atom stereocenters. The number of hydrogen-bond donors (Lipinski definition) is 1. The van der Waals surface area contributed by atoms with Crippen molar-refractivity contribution in [2.75, 3.05) is 11.9 Å². The fourth-order valence-electron chi connectivity index (χ4n) is 1.44. The van der Waals surface area contributed by atoms with Crippen LogP contribution in [0.3, 0.4) is 0 Å². The van der Waals surface area contributed by atoms with E-state index in [1.165, 1.54) is 0 Å². The van der Waals surface area contributed by atoms with Gasteiger partial charge in [0.2, 0.25) is 0 Å². The largest absolute Gasteiger partial charge is 0.452 e. The summed E-state index contributed by atoms with van der Waals surface area (Å²) in [6.45, 7) is 1.31. The monoisotopic (exact) mass is 338 g/mol. The standard InChI is InChI=1S/C13H11BrN2O4/c1-8-6-11(16-20-8)15-12(17)7-19-13(18)9-4-2-3-5-10(9)14/h2-6H,7H2,1H3,(H,15,16,17). The van der Waals surface area contributed by atoms with E-state index in [1.807, 2.05) is 0 Å². The van der Waals surface area contributed by atoms with Crippen molar-refractivity contribution >= 4 is 33.6 Å². The molecule has 1 N–H and O–H groups in total. The highest BCUT2D eigenvalue weighted by Gasteiger charge is 2.13. The molecular formula is C13H11BrN2O4. The second-order valence-electron chi connectivity index (χ2n) is 3.93. The molecule has 0 spiro atoms. The van der Waals surface area contributed by atoms with Crippen molar-refractivity contribution < 1.29 is 18.8 Å². The van der Waals surface area contributed by atoms with Crippen molar-refractivity contribution in [2.45, 2.75) is 6.92 Å². The number of halogens is 1. The number of amides is 1. The van der Waals surface area contributed by atoms with Crippen LogP contribution in [0.2, 0.25) is 0 Å². The molecule has 0 atom stereocenters. The number of carbonyl (C=O) groups is 2. The minimum absolute atomic E-state index is 0.282. The van der Waals surface area contributed by atoms with Gasteiger partial charge < -0.3 is 14.6 Å². The van der Waals surface area contributed by atoms with E-state index in [0.29, 0.717) is 15.8 Å². The molecule has 0 bridgehead atoms. The highest BCUT2D eigenvalue weighted by molar-refractivity contribution is 9.10. The third-order valence-corrected chi connectivity index (χ3v) is 3.02. The molecule has 0 aliphatic rings. The van der Waals surface area contributed by atoms with E-state index in [-0.39, 0.29) is 5.82 Å². The molecule has 2 aromatic rings. The number of hydrogen-bond acceptors (Lipinski definition) is 5.